The summed E-state index contributed by atoms with van der Waals surface area (Å²) in [5, 5.41) is 10.4. The van der Waals surface area contributed by atoms with E-state index in [-0.39, 0.29) is 22.4 Å². The molecule has 0 atom stereocenters. The average molecular weight is 455 g/mol. The second kappa shape index (κ2) is 10.0. The van der Waals surface area contributed by atoms with E-state index in [2.05, 4.69) is 15.6 Å². The molecule has 2 amide bonds. The zero-order chi connectivity index (χ0) is 23.1. The number of hydrogen-bond acceptors (Lipinski definition) is 6. The Balaban J connectivity index is 1.57. The van der Waals surface area contributed by atoms with E-state index in [0.717, 1.165) is 5.56 Å². The van der Waals surface area contributed by atoms with Crippen molar-refractivity contribution < 1.29 is 22.7 Å². The van der Waals surface area contributed by atoms with Gasteiger partial charge in [0.2, 0.25) is 10.0 Å². The number of nitrogens with two attached hydrogens (primary N) is 1. The molecular formula is C22H22N4O5S. The van der Waals surface area contributed by atoms with Crippen molar-refractivity contribution in [3.05, 3.63) is 83.7 Å². The molecule has 0 aliphatic rings. The molecule has 0 saturated heterocycles. The molecule has 3 rings (SSSR count). The molecule has 0 unspecified atom stereocenters. The maximum Gasteiger partial charge on any atom is 0.269 e. The molecule has 1 heterocycles. The van der Waals surface area contributed by atoms with Crippen LogP contribution in [0.4, 0.5) is 0 Å². The highest BCUT2D eigenvalue weighted by Crippen LogP contribution is 2.22. The van der Waals surface area contributed by atoms with E-state index >= 15 is 0 Å². The molecule has 9 nitrogen and oxygen atoms in total. The van der Waals surface area contributed by atoms with Crippen LogP contribution in [0.1, 0.15) is 26.4 Å². The normalized spacial score (nSPS) is 10.9. The summed E-state index contributed by atoms with van der Waals surface area (Å²) in [5.74, 6) is 0.435. The fourth-order valence-corrected chi connectivity index (χ4v) is 3.36. The van der Waals surface area contributed by atoms with Gasteiger partial charge in [0.05, 0.1) is 4.90 Å². The fourth-order valence-electron chi connectivity index (χ4n) is 2.85. The van der Waals surface area contributed by atoms with Gasteiger partial charge >= 0.3 is 0 Å². The number of nitrogens with zero attached hydrogens (tertiary/aromatic N) is 1. The number of nitrogens with one attached hydrogen (secondary N) is 2. The minimum absolute atomic E-state index is 0.0532. The van der Waals surface area contributed by atoms with Gasteiger partial charge in [-0.3, -0.25) is 14.6 Å². The maximum absolute atomic E-state index is 12.3. The first-order valence-corrected chi connectivity index (χ1v) is 11.2. The smallest absolute Gasteiger partial charge is 0.269 e. The van der Waals surface area contributed by atoms with Crippen LogP contribution in [-0.4, -0.2) is 38.8 Å². The molecule has 1 aromatic heterocycles. The van der Waals surface area contributed by atoms with Crippen molar-refractivity contribution in [2.75, 3.05) is 13.6 Å². The van der Waals surface area contributed by atoms with E-state index in [1.165, 1.54) is 37.5 Å². The van der Waals surface area contributed by atoms with Gasteiger partial charge in [-0.2, -0.15) is 0 Å². The van der Waals surface area contributed by atoms with E-state index in [1.54, 1.807) is 18.2 Å². The predicted octanol–water partition coefficient (Wildman–Crippen LogP) is 1.85. The van der Waals surface area contributed by atoms with Gasteiger partial charge in [0, 0.05) is 31.4 Å². The van der Waals surface area contributed by atoms with Crippen LogP contribution in [0.5, 0.6) is 11.5 Å². The Morgan fingerprint density at radius 1 is 1.00 bits per heavy atom. The summed E-state index contributed by atoms with van der Waals surface area (Å²) >= 11 is 0. The second-order valence-corrected chi connectivity index (χ2v) is 8.34. The monoisotopic (exact) mass is 454 g/mol. The third-order valence-electron chi connectivity index (χ3n) is 4.47. The lowest BCUT2D eigenvalue weighted by atomic mass is 10.1. The number of pyridine rings is 1. The van der Waals surface area contributed by atoms with Gasteiger partial charge in [0.1, 0.15) is 17.2 Å². The summed E-state index contributed by atoms with van der Waals surface area (Å²) in [4.78, 5) is 27.9. The maximum atomic E-state index is 12.3. The third kappa shape index (κ3) is 6.13. The van der Waals surface area contributed by atoms with Crippen LogP contribution in [0.2, 0.25) is 0 Å². The predicted molar refractivity (Wildman–Crippen MR) is 118 cm³/mol. The number of amides is 2. The SMILES string of the molecule is CNC(=O)c1cc(Oc2cccc(CCNC(=O)c3ccc(S(N)(=O)=O)cc3)c2)ccn1. The lowest BCUT2D eigenvalue weighted by Crippen LogP contribution is -2.25. The minimum atomic E-state index is -3.80. The van der Waals surface area contributed by atoms with Crippen molar-refractivity contribution >= 4 is 21.8 Å². The highest BCUT2D eigenvalue weighted by atomic mass is 32.2. The first-order valence-electron chi connectivity index (χ1n) is 9.62. The molecular weight excluding hydrogens is 432 g/mol. The molecule has 0 fully saturated rings. The topological polar surface area (TPSA) is 140 Å². The van der Waals surface area contributed by atoms with Crippen LogP contribution in [0, 0.1) is 0 Å². The van der Waals surface area contributed by atoms with E-state index < -0.39 is 10.0 Å². The van der Waals surface area contributed by atoms with Crippen LogP contribution >= 0.6 is 0 Å². The Morgan fingerprint density at radius 2 is 1.72 bits per heavy atom. The van der Waals surface area contributed by atoms with Crippen LogP contribution in [0.25, 0.3) is 0 Å². The highest BCUT2D eigenvalue weighted by Gasteiger charge is 2.10. The van der Waals surface area contributed by atoms with Crippen molar-refractivity contribution in [1.29, 1.82) is 0 Å². The fraction of sp³-hybridized carbons (Fsp3) is 0.136. The van der Waals surface area contributed by atoms with Crippen LogP contribution in [0.3, 0.4) is 0 Å². The summed E-state index contributed by atoms with van der Waals surface area (Å²) < 4.78 is 28.4. The minimum Gasteiger partial charge on any atom is -0.457 e. The Labute approximate surface area is 185 Å². The lowest BCUT2D eigenvalue weighted by Gasteiger charge is -2.09. The number of ether oxygens (including phenoxy) is 1. The standard InChI is InChI=1S/C22H22N4O5S/c1-24-22(28)20-14-18(10-12-25-20)31-17-4-2-3-15(13-17)9-11-26-21(27)16-5-7-19(8-6-16)32(23,29)30/h2-8,10,12-14H,9,11H2,1H3,(H,24,28)(H,26,27)(H2,23,29,30). The molecule has 10 heteroatoms. The molecule has 2 aromatic carbocycles. The molecule has 32 heavy (non-hydrogen) atoms. The van der Waals surface area contributed by atoms with Crippen molar-refractivity contribution in [3.8, 4) is 11.5 Å². The molecule has 4 N–H and O–H groups in total. The summed E-state index contributed by atoms with van der Waals surface area (Å²) in [5.41, 5.74) is 1.52. The largest absolute Gasteiger partial charge is 0.457 e. The Hall–Kier alpha value is -3.76. The van der Waals surface area contributed by atoms with E-state index in [9.17, 15) is 18.0 Å². The van der Waals surface area contributed by atoms with E-state index in [1.807, 2.05) is 18.2 Å². The molecule has 0 bridgehead atoms. The number of benzene rings is 2. The Morgan fingerprint density at radius 3 is 2.41 bits per heavy atom. The van der Waals surface area contributed by atoms with Crippen molar-refractivity contribution in [1.82, 2.24) is 15.6 Å². The second-order valence-electron chi connectivity index (χ2n) is 6.78. The van der Waals surface area contributed by atoms with Gasteiger partial charge in [-0.1, -0.05) is 12.1 Å². The molecule has 0 radical (unpaired) electrons. The summed E-state index contributed by atoms with van der Waals surface area (Å²) in [6.45, 7) is 0.370. The van der Waals surface area contributed by atoms with E-state index in [4.69, 9.17) is 9.88 Å². The number of carbonyl (C=O) groups is 2. The van der Waals surface area contributed by atoms with Gasteiger partial charge in [0.25, 0.3) is 11.8 Å². The lowest BCUT2D eigenvalue weighted by molar-refractivity contribution is 0.0947. The molecule has 0 saturated carbocycles. The van der Waals surface area contributed by atoms with Gasteiger partial charge in [-0.25, -0.2) is 13.6 Å². The van der Waals surface area contributed by atoms with Gasteiger partial charge < -0.3 is 15.4 Å². The summed E-state index contributed by atoms with van der Waals surface area (Å²) in [6, 6.07) is 16.0. The number of sulfonamides is 1. The number of aromatic nitrogens is 1. The molecule has 0 aliphatic heterocycles. The third-order valence-corrected chi connectivity index (χ3v) is 5.40. The van der Waals surface area contributed by atoms with Crippen molar-refractivity contribution in [3.63, 3.8) is 0 Å². The summed E-state index contributed by atoms with van der Waals surface area (Å²) in [7, 11) is -2.27. The van der Waals surface area contributed by atoms with Crippen LogP contribution in [0.15, 0.2) is 71.8 Å². The first kappa shape index (κ1) is 22.9. The van der Waals surface area contributed by atoms with Gasteiger partial charge in [-0.05, 0) is 54.4 Å². The summed E-state index contributed by atoms with van der Waals surface area (Å²) in [6.07, 6.45) is 2.05. The van der Waals surface area contributed by atoms with Gasteiger partial charge in [0.15, 0.2) is 0 Å². The van der Waals surface area contributed by atoms with Crippen LogP contribution < -0.4 is 20.5 Å². The zero-order valence-electron chi connectivity index (χ0n) is 17.2. The Kier molecular flexibility index (Phi) is 7.18. The van der Waals surface area contributed by atoms with Crippen LogP contribution in [-0.2, 0) is 16.4 Å². The molecule has 166 valence electrons. The number of primary sulfonamides is 1. The number of hydrogen-bond donors (Lipinski definition) is 3. The average Bonchev–Trinajstić information content (AvgIpc) is 2.78. The van der Waals surface area contributed by atoms with Gasteiger partial charge in [-0.15, -0.1) is 0 Å². The molecule has 0 spiro atoms. The van der Waals surface area contributed by atoms with Crippen molar-refractivity contribution in [2.24, 2.45) is 5.14 Å². The van der Waals surface area contributed by atoms with E-state index in [0.29, 0.717) is 30.0 Å². The number of rotatable bonds is 8. The number of carbonyl (C=O) groups excluding carboxylic acids is 2. The van der Waals surface area contributed by atoms with Crippen molar-refractivity contribution in [2.45, 2.75) is 11.3 Å². The highest BCUT2D eigenvalue weighted by molar-refractivity contribution is 7.89. The Bertz CT molecular complexity index is 1230. The quantitative estimate of drug-likeness (QED) is 0.474. The molecule has 0 aliphatic carbocycles. The molecule has 3 aromatic rings. The first-order chi connectivity index (χ1) is 15.3. The zero-order valence-corrected chi connectivity index (χ0v) is 18.1.